The summed E-state index contributed by atoms with van der Waals surface area (Å²) in [5, 5.41) is 4.02. The van der Waals surface area contributed by atoms with Gasteiger partial charge in [0, 0.05) is 36.8 Å². The molecule has 2 aliphatic heterocycles. The second-order valence-electron chi connectivity index (χ2n) is 6.09. The largest absolute Gasteiger partial charge is 0.389 e. The van der Waals surface area contributed by atoms with Crippen LogP contribution in [0.3, 0.4) is 0 Å². The van der Waals surface area contributed by atoms with E-state index in [1.165, 1.54) is 0 Å². The monoisotopic (exact) mass is 386 g/mol. The van der Waals surface area contributed by atoms with E-state index < -0.39 is 10.0 Å². The van der Waals surface area contributed by atoms with Gasteiger partial charge in [-0.1, -0.05) is 21.1 Å². The second kappa shape index (κ2) is 5.62. The minimum Gasteiger partial charge on any atom is -0.389 e. The van der Waals surface area contributed by atoms with Gasteiger partial charge in [-0.05, 0) is 37.6 Å². The Kier molecular flexibility index (Phi) is 4.07. The zero-order valence-corrected chi connectivity index (χ0v) is 15.1. The van der Waals surface area contributed by atoms with Crippen molar-refractivity contribution in [1.29, 1.82) is 0 Å². The molecule has 0 saturated carbocycles. The molecule has 0 unspecified atom stereocenters. The van der Waals surface area contributed by atoms with E-state index in [-0.39, 0.29) is 5.60 Å². The van der Waals surface area contributed by atoms with Gasteiger partial charge in [0.05, 0.1) is 10.6 Å². The van der Waals surface area contributed by atoms with E-state index in [2.05, 4.69) is 21.1 Å². The van der Waals surface area contributed by atoms with E-state index in [1.54, 1.807) is 22.5 Å². The van der Waals surface area contributed by atoms with Crippen molar-refractivity contribution in [2.75, 3.05) is 13.1 Å². The number of sulfonamides is 1. The SMILES string of the molecule is CC1=NOC2(CCN(S(=O)(=O)c3ccc(Br)c(C)c3)CC2)C1. The molecular formula is C15H19BrN2O3S. The molecule has 1 saturated heterocycles. The fourth-order valence-corrected chi connectivity index (χ4v) is 4.81. The Morgan fingerprint density at radius 3 is 2.50 bits per heavy atom. The molecule has 2 aliphatic rings. The van der Waals surface area contributed by atoms with Gasteiger partial charge in [-0.15, -0.1) is 0 Å². The highest BCUT2D eigenvalue weighted by Crippen LogP contribution is 2.36. The van der Waals surface area contributed by atoms with Gasteiger partial charge in [0.15, 0.2) is 0 Å². The highest BCUT2D eigenvalue weighted by Gasteiger charge is 2.43. The lowest BCUT2D eigenvalue weighted by Gasteiger charge is -2.36. The zero-order chi connectivity index (χ0) is 16.0. The van der Waals surface area contributed by atoms with E-state index in [1.807, 2.05) is 13.8 Å². The zero-order valence-electron chi connectivity index (χ0n) is 12.7. The number of benzene rings is 1. The van der Waals surface area contributed by atoms with Crippen molar-refractivity contribution in [2.24, 2.45) is 5.16 Å². The maximum absolute atomic E-state index is 12.8. The molecule has 5 nitrogen and oxygen atoms in total. The fraction of sp³-hybridized carbons (Fsp3) is 0.533. The summed E-state index contributed by atoms with van der Waals surface area (Å²) in [7, 11) is -3.44. The van der Waals surface area contributed by atoms with E-state index in [0.717, 1.165) is 22.2 Å². The average molecular weight is 387 g/mol. The Hall–Kier alpha value is -0.920. The van der Waals surface area contributed by atoms with Gasteiger partial charge in [-0.25, -0.2) is 8.42 Å². The first-order valence-corrected chi connectivity index (χ1v) is 9.54. The fourth-order valence-electron chi connectivity index (χ4n) is 3.03. The quantitative estimate of drug-likeness (QED) is 0.784. The third kappa shape index (κ3) is 2.81. The Morgan fingerprint density at radius 1 is 1.27 bits per heavy atom. The highest BCUT2D eigenvalue weighted by atomic mass is 79.9. The Labute approximate surface area is 139 Å². The van der Waals surface area contributed by atoms with Crippen molar-refractivity contribution in [3.05, 3.63) is 28.2 Å². The third-order valence-electron chi connectivity index (χ3n) is 4.37. The van der Waals surface area contributed by atoms with Gasteiger partial charge >= 0.3 is 0 Å². The van der Waals surface area contributed by atoms with Crippen LogP contribution in [0.15, 0.2) is 32.7 Å². The predicted octanol–water partition coefficient (Wildman–Crippen LogP) is 3.08. The van der Waals surface area contributed by atoms with E-state index in [0.29, 0.717) is 30.8 Å². The summed E-state index contributed by atoms with van der Waals surface area (Å²) in [5.74, 6) is 0. The minimum atomic E-state index is -3.44. The Morgan fingerprint density at radius 2 is 1.95 bits per heavy atom. The van der Waals surface area contributed by atoms with Gasteiger partial charge < -0.3 is 4.84 Å². The summed E-state index contributed by atoms with van der Waals surface area (Å²) in [6, 6.07) is 5.14. The van der Waals surface area contributed by atoms with Crippen molar-refractivity contribution in [3.63, 3.8) is 0 Å². The van der Waals surface area contributed by atoms with E-state index in [4.69, 9.17) is 4.84 Å². The summed E-state index contributed by atoms with van der Waals surface area (Å²) in [6.07, 6.45) is 2.17. The summed E-state index contributed by atoms with van der Waals surface area (Å²) in [5.41, 5.74) is 1.61. The number of nitrogens with zero attached hydrogens (tertiary/aromatic N) is 2. The molecule has 0 atom stereocenters. The maximum atomic E-state index is 12.8. The average Bonchev–Trinajstić information content (AvgIpc) is 2.83. The van der Waals surface area contributed by atoms with Gasteiger partial charge in [-0.3, -0.25) is 0 Å². The summed E-state index contributed by atoms with van der Waals surface area (Å²) >= 11 is 3.40. The van der Waals surface area contributed by atoms with Crippen molar-refractivity contribution in [3.8, 4) is 0 Å². The number of piperidine rings is 1. The van der Waals surface area contributed by atoms with Crippen molar-refractivity contribution >= 4 is 31.7 Å². The third-order valence-corrected chi connectivity index (χ3v) is 7.16. The molecule has 22 heavy (non-hydrogen) atoms. The molecule has 1 aromatic carbocycles. The molecule has 1 aromatic rings. The first kappa shape index (κ1) is 16.0. The lowest BCUT2D eigenvalue weighted by molar-refractivity contribution is -0.0506. The number of oxime groups is 1. The molecule has 1 spiro atoms. The molecule has 0 radical (unpaired) electrons. The molecule has 2 heterocycles. The molecule has 0 amide bonds. The van der Waals surface area contributed by atoms with E-state index >= 15 is 0 Å². The van der Waals surface area contributed by atoms with Gasteiger partial charge in [-0.2, -0.15) is 4.31 Å². The first-order chi connectivity index (χ1) is 10.3. The van der Waals surface area contributed by atoms with Gasteiger partial charge in [0.1, 0.15) is 5.60 Å². The van der Waals surface area contributed by atoms with Crippen LogP contribution >= 0.6 is 15.9 Å². The number of aryl methyl sites for hydroxylation is 1. The maximum Gasteiger partial charge on any atom is 0.243 e. The Bertz CT molecular complexity index is 722. The number of hydrogen-bond acceptors (Lipinski definition) is 4. The summed E-state index contributed by atoms with van der Waals surface area (Å²) in [6.45, 7) is 4.78. The summed E-state index contributed by atoms with van der Waals surface area (Å²) < 4.78 is 28.0. The van der Waals surface area contributed by atoms with Crippen molar-refractivity contribution in [1.82, 2.24) is 4.31 Å². The van der Waals surface area contributed by atoms with Crippen LogP contribution in [-0.2, 0) is 14.9 Å². The molecule has 3 rings (SSSR count). The molecule has 120 valence electrons. The van der Waals surface area contributed by atoms with Crippen LogP contribution in [0.4, 0.5) is 0 Å². The minimum absolute atomic E-state index is 0.286. The lowest BCUT2D eigenvalue weighted by atomic mass is 9.88. The van der Waals surface area contributed by atoms with Crippen LogP contribution in [0.25, 0.3) is 0 Å². The topological polar surface area (TPSA) is 59.0 Å². The van der Waals surface area contributed by atoms with Crippen LogP contribution < -0.4 is 0 Å². The number of rotatable bonds is 2. The van der Waals surface area contributed by atoms with Crippen LogP contribution in [0.5, 0.6) is 0 Å². The normalized spacial score (nSPS) is 21.7. The van der Waals surface area contributed by atoms with Crippen LogP contribution in [0, 0.1) is 6.92 Å². The molecule has 0 N–H and O–H groups in total. The van der Waals surface area contributed by atoms with Gasteiger partial charge in [0.25, 0.3) is 0 Å². The molecular weight excluding hydrogens is 368 g/mol. The Balaban J connectivity index is 1.76. The molecule has 1 fully saturated rings. The molecule has 0 aliphatic carbocycles. The molecule has 0 bridgehead atoms. The van der Waals surface area contributed by atoms with Crippen LogP contribution in [0.1, 0.15) is 31.7 Å². The summed E-state index contributed by atoms with van der Waals surface area (Å²) in [4.78, 5) is 5.91. The standard InChI is InChI=1S/C15H19BrN2O3S/c1-11-9-13(3-4-14(11)16)22(19,20)18-7-5-15(6-8-18)10-12(2)17-21-15/h3-4,9H,5-8,10H2,1-2H3. The van der Waals surface area contributed by atoms with Crippen molar-refractivity contribution < 1.29 is 13.3 Å². The predicted molar refractivity (Wildman–Crippen MR) is 88.4 cm³/mol. The first-order valence-electron chi connectivity index (χ1n) is 7.30. The second-order valence-corrected chi connectivity index (χ2v) is 8.88. The number of halogens is 1. The smallest absolute Gasteiger partial charge is 0.243 e. The van der Waals surface area contributed by atoms with Crippen LogP contribution in [0.2, 0.25) is 0 Å². The molecule has 7 heteroatoms. The van der Waals surface area contributed by atoms with Gasteiger partial charge in [0.2, 0.25) is 10.0 Å². The van der Waals surface area contributed by atoms with Crippen molar-refractivity contribution in [2.45, 2.75) is 43.6 Å². The lowest BCUT2D eigenvalue weighted by Crippen LogP contribution is -2.46. The van der Waals surface area contributed by atoms with E-state index in [9.17, 15) is 8.42 Å². The van der Waals surface area contributed by atoms with Crippen LogP contribution in [-0.4, -0.2) is 37.1 Å². The highest BCUT2D eigenvalue weighted by molar-refractivity contribution is 9.10. The number of hydrogen-bond donors (Lipinski definition) is 0. The molecule has 0 aromatic heterocycles.